The fraction of sp³-hybridized carbons (Fsp3) is 0.423. The Kier molecular flexibility index (Phi) is 7.36. The SMILES string of the molecule is CCCC(F)(F)c1ccc(CCc2cnc(NC3CC(c4ccc(F)cc4)C3)nc(=O)c2C)s1. The maximum Gasteiger partial charge on any atom is 0.282 e. The number of aryl methyl sites for hydroxylation is 2. The molecule has 4 rings (SSSR count). The normalized spacial score (nSPS) is 17.9. The van der Waals surface area contributed by atoms with Gasteiger partial charge in [-0.3, -0.25) is 4.79 Å². The smallest absolute Gasteiger partial charge is 0.282 e. The van der Waals surface area contributed by atoms with Crippen molar-refractivity contribution in [2.75, 3.05) is 5.32 Å². The molecule has 2 aromatic heterocycles. The first-order valence-electron chi connectivity index (χ1n) is 11.6. The molecule has 0 spiro atoms. The lowest BCUT2D eigenvalue weighted by Crippen LogP contribution is -2.34. The lowest BCUT2D eigenvalue weighted by molar-refractivity contribution is -0.0102. The number of rotatable bonds is 9. The van der Waals surface area contributed by atoms with Gasteiger partial charge < -0.3 is 5.32 Å². The van der Waals surface area contributed by atoms with Gasteiger partial charge in [0, 0.05) is 29.1 Å². The Morgan fingerprint density at radius 2 is 1.85 bits per heavy atom. The predicted octanol–water partition coefficient (Wildman–Crippen LogP) is 6.38. The van der Waals surface area contributed by atoms with Crippen LogP contribution in [0.1, 0.15) is 65.0 Å². The average Bonchev–Trinajstić information content (AvgIpc) is 3.21. The highest BCUT2D eigenvalue weighted by molar-refractivity contribution is 7.12. The zero-order chi connectivity index (χ0) is 24.3. The van der Waals surface area contributed by atoms with Crippen LogP contribution in [0.4, 0.5) is 19.1 Å². The van der Waals surface area contributed by atoms with E-state index in [2.05, 4.69) is 15.3 Å². The second-order valence-corrected chi connectivity index (χ2v) is 10.1. The van der Waals surface area contributed by atoms with Crippen molar-refractivity contribution in [3.8, 4) is 0 Å². The van der Waals surface area contributed by atoms with Crippen molar-refractivity contribution in [1.82, 2.24) is 9.97 Å². The number of hydrogen-bond acceptors (Lipinski definition) is 5. The van der Waals surface area contributed by atoms with Crippen LogP contribution >= 0.6 is 11.3 Å². The Morgan fingerprint density at radius 1 is 1.12 bits per heavy atom. The molecule has 1 aliphatic rings. The van der Waals surface area contributed by atoms with E-state index in [4.69, 9.17) is 0 Å². The standard InChI is InChI=1S/C26H28F3N3OS/c1-3-12-26(28,29)23-11-10-22(34-23)9-6-18-15-30-25(32-24(33)16(18)2)31-21-13-19(14-21)17-4-7-20(27)8-5-17/h4-5,7-8,10-11,15,19,21H,3,6,9,12-14H2,1-2H3,(H,31,32,33). The van der Waals surface area contributed by atoms with Crippen LogP contribution in [-0.2, 0) is 18.8 Å². The number of anilines is 1. The largest absolute Gasteiger partial charge is 0.351 e. The third kappa shape index (κ3) is 5.66. The topological polar surface area (TPSA) is 54.9 Å². The van der Waals surface area contributed by atoms with Gasteiger partial charge >= 0.3 is 0 Å². The minimum atomic E-state index is -2.79. The van der Waals surface area contributed by atoms with E-state index in [1.807, 2.05) is 12.1 Å². The van der Waals surface area contributed by atoms with Gasteiger partial charge in [0.15, 0.2) is 0 Å². The highest BCUT2D eigenvalue weighted by atomic mass is 32.1. The molecule has 0 unspecified atom stereocenters. The van der Waals surface area contributed by atoms with Crippen LogP contribution in [0.3, 0.4) is 0 Å². The van der Waals surface area contributed by atoms with Gasteiger partial charge in [0.25, 0.3) is 11.5 Å². The Morgan fingerprint density at radius 3 is 2.56 bits per heavy atom. The van der Waals surface area contributed by atoms with E-state index in [9.17, 15) is 18.0 Å². The molecule has 34 heavy (non-hydrogen) atoms. The summed E-state index contributed by atoms with van der Waals surface area (Å²) in [5.41, 5.74) is 2.04. The van der Waals surface area contributed by atoms with Gasteiger partial charge in [0.1, 0.15) is 5.82 Å². The summed E-state index contributed by atoms with van der Waals surface area (Å²) in [6, 6.07) is 9.95. The second kappa shape index (κ2) is 10.3. The number of nitrogens with zero attached hydrogens (tertiary/aromatic N) is 2. The van der Waals surface area contributed by atoms with E-state index >= 15 is 0 Å². The molecule has 0 amide bonds. The zero-order valence-corrected chi connectivity index (χ0v) is 20.1. The number of alkyl halides is 2. The van der Waals surface area contributed by atoms with Gasteiger partial charge in [0.05, 0.1) is 4.88 Å². The van der Waals surface area contributed by atoms with Gasteiger partial charge in [-0.25, -0.2) is 18.2 Å². The second-order valence-electron chi connectivity index (χ2n) is 8.93. The number of nitrogens with one attached hydrogen (secondary N) is 1. The molecule has 0 atom stereocenters. The van der Waals surface area contributed by atoms with Crippen molar-refractivity contribution in [1.29, 1.82) is 0 Å². The minimum absolute atomic E-state index is 0.0925. The Bertz CT molecular complexity index is 1190. The molecule has 1 fully saturated rings. The van der Waals surface area contributed by atoms with Crippen molar-refractivity contribution in [2.45, 2.75) is 70.3 Å². The summed E-state index contributed by atoms with van der Waals surface area (Å²) < 4.78 is 41.4. The van der Waals surface area contributed by atoms with E-state index in [1.165, 1.54) is 18.2 Å². The quantitative estimate of drug-likeness (QED) is 0.380. The van der Waals surface area contributed by atoms with E-state index in [0.717, 1.165) is 40.2 Å². The molecule has 0 saturated heterocycles. The summed E-state index contributed by atoms with van der Waals surface area (Å²) in [6.07, 6.45) is 4.73. The fourth-order valence-electron chi connectivity index (χ4n) is 4.23. The van der Waals surface area contributed by atoms with E-state index < -0.39 is 5.92 Å². The Labute approximate surface area is 201 Å². The molecule has 4 nitrogen and oxygen atoms in total. The summed E-state index contributed by atoms with van der Waals surface area (Å²) in [5.74, 6) is -2.40. The third-order valence-corrected chi connectivity index (χ3v) is 7.65. The number of aromatic nitrogens is 2. The zero-order valence-electron chi connectivity index (χ0n) is 19.3. The van der Waals surface area contributed by atoms with Crippen molar-refractivity contribution >= 4 is 17.3 Å². The molecule has 1 aliphatic carbocycles. The van der Waals surface area contributed by atoms with Crippen molar-refractivity contribution in [2.24, 2.45) is 0 Å². The molecular weight excluding hydrogens is 459 g/mol. The van der Waals surface area contributed by atoms with Crippen LogP contribution in [0, 0.1) is 12.7 Å². The summed E-state index contributed by atoms with van der Waals surface area (Å²) in [4.78, 5) is 22.0. The van der Waals surface area contributed by atoms with E-state index in [1.54, 1.807) is 26.1 Å². The Balaban J connectivity index is 1.38. The Hall–Kier alpha value is -2.74. The van der Waals surface area contributed by atoms with E-state index in [0.29, 0.717) is 36.7 Å². The molecule has 0 radical (unpaired) electrons. The molecule has 0 aliphatic heterocycles. The lowest BCUT2D eigenvalue weighted by Gasteiger charge is -2.36. The number of hydrogen-bond donors (Lipinski definition) is 1. The third-order valence-electron chi connectivity index (χ3n) is 6.39. The van der Waals surface area contributed by atoms with Gasteiger partial charge in [-0.2, -0.15) is 4.98 Å². The average molecular weight is 488 g/mol. The predicted molar refractivity (Wildman–Crippen MR) is 129 cm³/mol. The minimum Gasteiger partial charge on any atom is -0.351 e. The van der Waals surface area contributed by atoms with Crippen molar-refractivity contribution in [3.05, 3.63) is 85.2 Å². The number of halogens is 3. The van der Waals surface area contributed by atoms with Crippen LogP contribution in [0.25, 0.3) is 0 Å². The van der Waals surface area contributed by atoms with Gasteiger partial charge in [-0.05, 0) is 73.9 Å². The van der Waals surface area contributed by atoms with Crippen molar-refractivity contribution in [3.63, 3.8) is 0 Å². The van der Waals surface area contributed by atoms with Crippen LogP contribution < -0.4 is 10.9 Å². The van der Waals surface area contributed by atoms with Gasteiger partial charge in [0.2, 0.25) is 5.95 Å². The van der Waals surface area contributed by atoms with Gasteiger partial charge in [-0.15, -0.1) is 11.3 Å². The first kappa shape index (κ1) is 24.4. The van der Waals surface area contributed by atoms with Gasteiger partial charge in [-0.1, -0.05) is 25.5 Å². The fourth-order valence-corrected chi connectivity index (χ4v) is 5.24. The van der Waals surface area contributed by atoms with Crippen LogP contribution in [0.5, 0.6) is 0 Å². The first-order valence-corrected chi connectivity index (χ1v) is 12.4. The lowest BCUT2D eigenvalue weighted by atomic mass is 9.76. The molecule has 0 bridgehead atoms. The summed E-state index contributed by atoms with van der Waals surface area (Å²) in [7, 11) is 0. The molecule has 8 heteroatoms. The number of benzene rings is 1. The molecule has 1 saturated carbocycles. The maximum absolute atomic E-state index is 14.1. The molecule has 3 aromatic rings. The highest BCUT2D eigenvalue weighted by Crippen LogP contribution is 2.38. The first-order chi connectivity index (χ1) is 16.2. The summed E-state index contributed by atoms with van der Waals surface area (Å²) >= 11 is 1.13. The monoisotopic (exact) mass is 487 g/mol. The van der Waals surface area contributed by atoms with Crippen LogP contribution in [0.15, 0.2) is 47.4 Å². The molecule has 180 valence electrons. The van der Waals surface area contributed by atoms with Crippen molar-refractivity contribution < 1.29 is 13.2 Å². The van der Waals surface area contributed by atoms with Crippen LogP contribution in [0.2, 0.25) is 0 Å². The maximum atomic E-state index is 14.1. The summed E-state index contributed by atoms with van der Waals surface area (Å²) in [5, 5.41) is 3.23. The number of thiophene rings is 1. The summed E-state index contributed by atoms with van der Waals surface area (Å²) in [6.45, 7) is 3.47. The van der Waals surface area contributed by atoms with Crippen LogP contribution in [-0.4, -0.2) is 16.0 Å². The highest BCUT2D eigenvalue weighted by Gasteiger charge is 2.32. The molecule has 2 heterocycles. The van der Waals surface area contributed by atoms with E-state index in [-0.39, 0.29) is 28.7 Å². The molecule has 1 N–H and O–H groups in total. The molecule has 1 aromatic carbocycles. The molecular formula is C26H28F3N3OS.